The third-order valence-corrected chi connectivity index (χ3v) is 6.08. The van der Waals surface area contributed by atoms with Crippen LogP contribution in [0, 0.1) is 10.1 Å². The fourth-order valence-corrected chi connectivity index (χ4v) is 4.08. The van der Waals surface area contributed by atoms with Crippen LogP contribution in [-0.2, 0) is 32.1 Å². The molecule has 2 atom stereocenters. The summed E-state index contributed by atoms with van der Waals surface area (Å²) in [6, 6.07) is 11.3. The minimum absolute atomic E-state index is 0.0677. The number of alkyl carbamates (subject to hydrolysis) is 1. The highest BCUT2D eigenvalue weighted by Crippen LogP contribution is 2.20. The lowest BCUT2D eigenvalue weighted by atomic mass is 10.0. The number of benzene rings is 2. The number of non-ortho nitro benzene ring substituents is 1. The number of hydrogen-bond acceptors (Lipinski definition) is 7. The average Bonchev–Trinajstić information content (AvgIpc) is 3.31. The zero-order chi connectivity index (χ0) is 29.3. The molecule has 1 heterocycles. The fourth-order valence-electron chi connectivity index (χ4n) is 4.08. The number of unbranched alkanes of at least 4 members (excludes halogenated alkanes) is 1. The maximum Gasteiger partial charge on any atom is 0.408 e. The number of nitrogens with zero attached hydrogens (tertiary/aromatic N) is 1. The van der Waals surface area contributed by atoms with Gasteiger partial charge in [0.25, 0.3) is 5.69 Å². The predicted molar refractivity (Wildman–Crippen MR) is 150 cm³/mol. The number of aromatic nitrogens is 1. The van der Waals surface area contributed by atoms with Gasteiger partial charge >= 0.3 is 12.1 Å². The molecule has 2 aromatic carbocycles. The normalized spacial score (nSPS) is 12.8. The zero-order valence-corrected chi connectivity index (χ0v) is 23.2. The quantitative estimate of drug-likeness (QED) is 0.164. The van der Waals surface area contributed by atoms with Crippen LogP contribution in [0.5, 0.6) is 0 Å². The molecule has 40 heavy (non-hydrogen) atoms. The molecule has 1 aromatic heterocycles. The minimum Gasteiger partial charge on any atom is -0.459 e. The van der Waals surface area contributed by atoms with E-state index < -0.39 is 40.6 Å². The largest absolute Gasteiger partial charge is 0.459 e. The molecule has 0 aliphatic heterocycles. The van der Waals surface area contributed by atoms with Gasteiger partial charge in [0.1, 0.15) is 24.3 Å². The van der Waals surface area contributed by atoms with Crippen LogP contribution < -0.4 is 10.6 Å². The lowest BCUT2D eigenvalue weighted by Crippen LogP contribution is -2.53. The van der Waals surface area contributed by atoms with E-state index in [4.69, 9.17) is 9.47 Å². The molecule has 11 nitrogen and oxygen atoms in total. The highest BCUT2D eigenvalue weighted by atomic mass is 16.6. The summed E-state index contributed by atoms with van der Waals surface area (Å²) < 4.78 is 10.8. The Kier molecular flexibility index (Phi) is 10.2. The standard InChI is InChI=1S/C29H36N4O7/c1-5-6-10-24(27(35)39-18-19-12-14-21(15-13-19)33(37)38)31-26(34)25(32-28(36)40-29(2,3)4)16-20-17-30-23-11-8-7-9-22(20)23/h7-9,11-15,17,24-25,30H,5-6,10,16,18H2,1-4H3,(H,31,34)(H,32,36)/t24-,25+/m0/s1. The molecule has 0 fully saturated rings. The third-order valence-electron chi connectivity index (χ3n) is 6.08. The number of fused-ring (bicyclic) bond motifs is 1. The number of amides is 2. The number of H-pyrrole nitrogens is 1. The molecule has 214 valence electrons. The molecule has 3 N–H and O–H groups in total. The molecule has 0 saturated heterocycles. The summed E-state index contributed by atoms with van der Waals surface area (Å²) >= 11 is 0. The highest BCUT2D eigenvalue weighted by Gasteiger charge is 2.30. The second-order valence-corrected chi connectivity index (χ2v) is 10.5. The maximum absolute atomic E-state index is 13.5. The van der Waals surface area contributed by atoms with Crippen LogP contribution in [0.3, 0.4) is 0 Å². The SMILES string of the molecule is CCCC[C@H](NC(=O)[C@@H](Cc1c[nH]c2ccccc12)NC(=O)OC(C)(C)C)C(=O)OCc1ccc([N+](=O)[O-])cc1. The van der Waals surface area contributed by atoms with Gasteiger partial charge in [-0.3, -0.25) is 14.9 Å². The molecule has 0 spiro atoms. The van der Waals surface area contributed by atoms with Gasteiger partial charge in [-0.2, -0.15) is 0 Å². The van der Waals surface area contributed by atoms with E-state index in [-0.39, 0.29) is 18.7 Å². The summed E-state index contributed by atoms with van der Waals surface area (Å²) in [5, 5.41) is 17.2. The van der Waals surface area contributed by atoms with Gasteiger partial charge in [0.05, 0.1) is 4.92 Å². The van der Waals surface area contributed by atoms with E-state index in [0.29, 0.717) is 18.4 Å². The highest BCUT2D eigenvalue weighted by molar-refractivity contribution is 5.91. The van der Waals surface area contributed by atoms with Crippen molar-refractivity contribution < 1.29 is 28.8 Å². The summed E-state index contributed by atoms with van der Waals surface area (Å²) in [4.78, 5) is 52.6. The number of nitrogens with one attached hydrogen (secondary N) is 3. The second kappa shape index (κ2) is 13.6. The van der Waals surface area contributed by atoms with E-state index in [1.165, 1.54) is 24.3 Å². The Hall–Kier alpha value is -4.41. The Balaban J connectivity index is 1.75. The second-order valence-electron chi connectivity index (χ2n) is 10.5. The average molecular weight is 553 g/mol. The van der Waals surface area contributed by atoms with Crippen molar-refractivity contribution in [2.45, 2.75) is 77.7 Å². The van der Waals surface area contributed by atoms with E-state index in [0.717, 1.165) is 22.9 Å². The van der Waals surface area contributed by atoms with Crippen LogP contribution in [0.15, 0.2) is 54.7 Å². The first-order valence-corrected chi connectivity index (χ1v) is 13.2. The number of nitro groups is 1. The van der Waals surface area contributed by atoms with Gasteiger partial charge in [-0.25, -0.2) is 9.59 Å². The van der Waals surface area contributed by atoms with E-state index in [1.54, 1.807) is 27.0 Å². The van der Waals surface area contributed by atoms with Gasteiger partial charge in [0.15, 0.2) is 0 Å². The van der Waals surface area contributed by atoms with Crippen molar-refractivity contribution in [1.82, 2.24) is 15.6 Å². The molecule has 2 amide bonds. The van der Waals surface area contributed by atoms with Gasteiger partial charge in [0.2, 0.25) is 5.91 Å². The number of hydrogen-bond donors (Lipinski definition) is 3. The van der Waals surface area contributed by atoms with Gasteiger partial charge in [-0.1, -0.05) is 38.0 Å². The van der Waals surface area contributed by atoms with E-state index in [9.17, 15) is 24.5 Å². The van der Waals surface area contributed by atoms with Crippen molar-refractivity contribution in [3.8, 4) is 0 Å². The summed E-state index contributed by atoms with van der Waals surface area (Å²) in [7, 11) is 0. The lowest BCUT2D eigenvalue weighted by molar-refractivity contribution is -0.384. The zero-order valence-electron chi connectivity index (χ0n) is 23.2. The van der Waals surface area contributed by atoms with Crippen molar-refractivity contribution in [3.63, 3.8) is 0 Å². The van der Waals surface area contributed by atoms with Crippen LogP contribution in [0.1, 0.15) is 58.1 Å². The number of esters is 1. The number of para-hydroxylation sites is 1. The smallest absolute Gasteiger partial charge is 0.408 e. The molecule has 3 aromatic rings. The molecule has 11 heteroatoms. The van der Waals surface area contributed by atoms with Crippen molar-refractivity contribution in [2.24, 2.45) is 0 Å². The first kappa shape index (κ1) is 30.1. The first-order chi connectivity index (χ1) is 19.0. The Labute approximate surface area is 232 Å². The van der Waals surface area contributed by atoms with Crippen molar-refractivity contribution in [3.05, 3.63) is 76.0 Å². The van der Waals surface area contributed by atoms with E-state index >= 15 is 0 Å². The molecule has 0 saturated carbocycles. The Morgan fingerprint density at radius 2 is 1.73 bits per heavy atom. The van der Waals surface area contributed by atoms with E-state index in [2.05, 4.69) is 15.6 Å². The van der Waals surface area contributed by atoms with Gasteiger partial charge in [-0.05, 0) is 56.5 Å². The van der Waals surface area contributed by atoms with Crippen LogP contribution >= 0.6 is 0 Å². The molecule has 0 aliphatic rings. The van der Waals surface area contributed by atoms with Gasteiger partial charge < -0.3 is 25.1 Å². The number of carbonyl (C=O) groups is 3. The molecule has 0 bridgehead atoms. The van der Waals surface area contributed by atoms with E-state index in [1.807, 2.05) is 31.2 Å². The topological polar surface area (TPSA) is 153 Å². The predicted octanol–water partition coefficient (Wildman–Crippen LogP) is 4.93. The number of ether oxygens (including phenoxy) is 2. The summed E-state index contributed by atoms with van der Waals surface area (Å²) in [6.45, 7) is 7.03. The van der Waals surface area contributed by atoms with Crippen molar-refractivity contribution >= 4 is 34.6 Å². The minimum atomic E-state index is -1.03. The molecular formula is C29H36N4O7. The summed E-state index contributed by atoms with van der Waals surface area (Å²) in [6.07, 6.45) is 2.98. The number of carbonyl (C=O) groups excluding carboxylic acids is 3. The van der Waals surface area contributed by atoms with Gasteiger partial charge in [0, 0.05) is 35.7 Å². The molecule has 0 unspecified atom stereocenters. The number of rotatable bonds is 12. The third kappa shape index (κ3) is 8.82. The molecule has 3 rings (SSSR count). The number of aromatic amines is 1. The van der Waals surface area contributed by atoms with Crippen LogP contribution in [-0.4, -0.2) is 45.6 Å². The van der Waals surface area contributed by atoms with Crippen molar-refractivity contribution in [1.29, 1.82) is 0 Å². The van der Waals surface area contributed by atoms with Crippen molar-refractivity contribution in [2.75, 3.05) is 0 Å². The fraction of sp³-hybridized carbons (Fsp3) is 0.414. The van der Waals surface area contributed by atoms with Gasteiger partial charge in [-0.15, -0.1) is 0 Å². The van der Waals surface area contributed by atoms with Crippen LogP contribution in [0.2, 0.25) is 0 Å². The Morgan fingerprint density at radius 3 is 2.38 bits per heavy atom. The van der Waals surface area contributed by atoms with Crippen LogP contribution in [0.4, 0.5) is 10.5 Å². The summed E-state index contributed by atoms with van der Waals surface area (Å²) in [5.41, 5.74) is 1.45. The number of nitro benzene ring substituents is 1. The lowest BCUT2D eigenvalue weighted by Gasteiger charge is -2.25. The first-order valence-electron chi connectivity index (χ1n) is 13.2. The maximum atomic E-state index is 13.5. The molecule has 0 radical (unpaired) electrons. The molecular weight excluding hydrogens is 516 g/mol. The Morgan fingerprint density at radius 1 is 1.02 bits per heavy atom. The monoisotopic (exact) mass is 552 g/mol. The summed E-state index contributed by atoms with van der Waals surface area (Å²) in [5.74, 6) is -1.19. The Bertz CT molecular complexity index is 1330. The molecule has 0 aliphatic carbocycles. The van der Waals surface area contributed by atoms with Crippen LogP contribution in [0.25, 0.3) is 10.9 Å².